The van der Waals surface area contributed by atoms with Crippen LogP contribution in [0.25, 0.3) is 0 Å². The van der Waals surface area contributed by atoms with E-state index in [1.165, 1.54) is 47.5 Å². The Balaban J connectivity index is 1.41. The highest BCUT2D eigenvalue weighted by atomic mass is 32.2. The van der Waals surface area contributed by atoms with Crippen LogP contribution >= 0.6 is 34.6 Å². The largest absolute Gasteiger partial charge is 0.497 e. The number of anilines is 2. The molecule has 23 heavy (non-hydrogen) atoms. The third kappa shape index (κ3) is 3.62. The molecule has 1 saturated carbocycles. The van der Waals surface area contributed by atoms with Gasteiger partial charge in [0.15, 0.2) is 8.68 Å². The lowest BCUT2D eigenvalue weighted by Crippen LogP contribution is -1.89. The van der Waals surface area contributed by atoms with E-state index in [-0.39, 0.29) is 0 Å². The van der Waals surface area contributed by atoms with Crippen LogP contribution in [0.15, 0.2) is 32.9 Å². The van der Waals surface area contributed by atoms with Crippen LogP contribution in [-0.2, 0) is 0 Å². The second-order valence-corrected chi connectivity index (χ2v) is 8.25. The molecule has 0 atom stereocenters. The molecule has 0 unspecified atom stereocenters. The van der Waals surface area contributed by atoms with Gasteiger partial charge in [-0.25, -0.2) is 4.98 Å². The van der Waals surface area contributed by atoms with E-state index in [4.69, 9.17) is 4.74 Å². The molecule has 1 aliphatic carbocycles. The molecule has 9 heteroatoms. The van der Waals surface area contributed by atoms with E-state index in [1.807, 2.05) is 24.3 Å². The van der Waals surface area contributed by atoms with Crippen LogP contribution in [0, 0.1) is 0 Å². The minimum Gasteiger partial charge on any atom is -0.497 e. The average Bonchev–Trinajstić information content (AvgIpc) is 3.17. The summed E-state index contributed by atoms with van der Waals surface area (Å²) < 4.78 is 11.3. The SMILES string of the molecule is COc1ccc(Nc2nnc(Sc3nc(C4CC4)ns3)s2)cc1. The van der Waals surface area contributed by atoms with Gasteiger partial charge in [0.25, 0.3) is 0 Å². The molecule has 1 aliphatic rings. The third-order valence-corrected chi connectivity index (χ3v) is 5.94. The molecular weight excluding hydrogens is 350 g/mol. The monoisotopic (exact) mass is 363 g/mol. The number of rotatable bonds is 6. The van der Waals surface area contributed by atoms with Gasteiger partial charge in [-0.15, -0.1) is 10.2 Å². The highest BCUT2D eigenvalue weighted by Crippen LogP contribution is 2.41. The van der Waals surface area contributed by atoms with E-state index >= 15 is 0 Å². The zero-order valence-electron chi connectivity index (χ0n) is 12.2. The summed E-state index contributed by atoms with van der Waals surface area (Å²) in [6, 6.07) is 7.69. The van der Waals surface area contributed by atoms with Crippen molar-refractivity contribution >= 4 is 45.5 Å². The van der Waals surface area contributed by atoms with E-state index in [9.17, 15) is 0 Å². The number of benzene rings is 1. The maximum Gasteiger partial charge on any atom is 0.210 e. The summed E-state index contributed by atoms with van der Waals surface area (Å²) in [7, 11) is 1.65. The Labute approximate surface area is 145 Å². The Kier molecular flexibility index (Phi) is 4.15. The fourth-order valence-electron chi connectivity index (χ4n) is 1.94. The molecule has 0 amide bonds. The van der Waals surface area contributed by atoms with Crippen molar-refractivity contribution in [2.75, 3.05) is 12.4 Å². The Morgan fingerprint density at radius 2 is 2.00 bits per heavy atom. The van der Waals surface area contributed by atoms with Crippen molar-refractivity contribution in [3.8, 4) is 5.75 Å². The molecule has 4 rings (SSSR count). The second-order valence-electron chi connectivity index (χ2n) is 5.02. The molecule has 0 radical (unpaired) electrons. The van der Waals surface area contributed by atoms with Gasteiger partial charge in [-0.3, -0.25) is 0 Å². The number of hydrogen-bond acceptors (Lipinski definition) is 9. The van der Waals surface area contributed by atoms with Crippen molar-refractivity contribution in [1.82, 2.24) is 19.6 Å². The summed E-state index contributed by atoms with van der Waals surface area (Å²) in [5.74, 6) is 2.40. The Hall–Kier alpha value is -1.71. The van der Waals surface area contributed by atoms with Crippen LogP contribution in [0.4, 0.5) is 10.8 Å². The van der Waals surface area contributed by atoms with Gasteiger partial charge in [0.05, 0.1) is 7.11 Å². The summed E-state index contributed by atoms with van der Waals surface area (Å²) in [5.41, 5.74) is 0.949. The molecule has 1 aromatic carbocycles. The molecule has 2 aromatic heterocycles. The number of methoxy groups -OCH3 is 1. The first-order chi connectivity index (χ1) is 11.3. The van der Waals surface area contributed by atoms with Gasteiger partial charge in [0.1, 0.15) is 11.6 Å². The predicted molar refractivity (Wildman–Crippen MR) is 92.2 cm³/mol. The van der Waals surface area contributed by atoms with Crippen LogP contribution in [0.2, 0.25) is 0 Å². The molecule has 0 spiro atoms. The third-order valence-electron chi connectivity index (χ3n) is 3.29. The van der Waals surface area contributed by atoms with Crippen LogP contribution in [0.5, 0.6) is 5.75 Å². The number of ether oxygens (including phenoxy) is 1. The fourth-order valence-corrected chi connectivity index (χ4v) is 4.60. The summed E-state index contributed by atoms with van der Waals surface area (Å²) >= 11 is 4.46. The van der Waals surface area contributed by atoms with Gasteiger partial charge >= 0.3 is 0 Å². The average molecular weight is 363 g/mol. The smallest absolute Gasteiger partial charge is 0.210 e. The normalized spacial score (nSPS) is 14.0. The standard InChI is InChI=1S/C14H13N5OS3/c1-20-10-6-4-9(5-7-10)15-12-17-18-14(21-12)22-13-16-11(19-23-13)8-2-3-8/h4-8H,2-3H2,1H3,(H,15,17). The zero-order chi connectivity index (χ0) is 15.6. The van der Waals surface area contributed by atoms with Gasteiger partial charge < -0.3 is 10.1 Å². The number of nitrogens with one attached hydrogen (secondary N) is 1. The maximum absolute atomic E-state index is 5.14. The summed E-state index contributed by atoms with van der Waals surface area (Å²) in [6.07, 6.45) is 2.44. The highest BCUT2D eigenvalue weighted by Gasteiger charge is 2.28. The lowest BCUT2D eigenvalue weighted by atomic mass is 10.3. The molecule has 0 bridgehead atoms. The van der Waals surface area contributed by atoms with Gasteiger partial charge in [-0.1, -0.05) is 11.3 Å². The van der Waals surface area contributed by atoms with Crippen molar-refractivity contribution < 1.29 is 4.74 Å². The molecule has 3 aromatic rings. The van der Waals surface area contributed by atoms with E-state index < -0.39 is 0 Å². The summed E-state index contributed by atoms with van der Waals surface area (Å²) in [6.45, 7) is 0. The first-order valence-electron chi connectivity index (χ1n) is 7.06. The molecule has 0 saturated heterocycles. The Bertz CT molecular complexity index is 797. The van der Waals surface area contributed by atoms with Gasteiger partial charge in [-0.2, -0.15) is 4.37 Å². The van der Waals surface area contributed by atoms with E-state index in [2.05, 4.69) is 24.9 Å². The minimum absolute atomic E-state index is 0.585. The number of aromatic nitrogens is 4. The van der Waals surface area contributed by atoms with Crippen molar-refractivity contribution in [2.24, 2.45) is 0 Å². The molecule has 1 fully saturated rings. The second kappa shape index (κ2) is 6.42. The molecule has 2 heterocycles. The zero-order valence-corrected chi connectivity index (χ0v) is 14.7. The molecule has 1 N–H and O–H groups in total. The van der Waals surface area contributed by atoms with Crippen LogP contribution in [0.1, 0.15) is 24.6 Å². The molecule has 6 nitrogen and oxygen atoms in total. The Morgan fingerprint density at radius 3 is 2.74 bits per heavy atom. The van der Waals surface area contributed by atoms with Crippen molar-refractivity contribution in [2.45, 2.75) is 27.4 Å². The predicted octanol–water partition coefficient (Wildman–Crippen LogP) is 4.17. The summed E-state index contributed by atoms with van der Waals surface area (Å²) in [5, 5.41) is 12.4. The van der Waals surface area contributed by atoms with Crippen molar-refractivity contribution in [1.29, 1.82) is 0 Å². The molecule has 0 aliphatic heterocycles. The van der Waals surface area contributed by atoms with Crippen LogP contribution in [0.3, 0.4) is 0 Å². The minimum atomic E-state index is 0.585. The van der Waals surface area contributed by atoms with Gasteiger partial charge in [0, 0.05) is 11.6 Å². The first kappa shape index (κ1) is 14.9. The molecule has 118 valence electrons. The van der Waals surface area contributed by atoms with E-state index in [0.29, 0.717) is 5.92 Å². The lowest BCUT2D eigenvalue weighted by molar-refractivity contribution is 0.415. The quantitative estimate of drug-likeness (QED) is 0.704. The highest BCUT2D eigenvalue weighted by molar-refractivity contribution is 8.02. The number of nitrogens with zero attached hydrogens (tertiary/aromatic N) is 4. The maximum atomic E-state index is 5.14. The van der Waals surface area contributed by atoms with Crippen molar-refractivity contribution in [3.05, 3.63) is 30.1 Å². The number of hydrogen-bond donors (Lipinski definition) is 1. The lowest BCUT2D eigenvalue weighted by Gasteiger charge is -2.03. The molecular formula is C14H13N5OS3. The Morgan fingerprint density at radius 1 is 1.17 bits per heavy atom. The van der Waals surface area contributed by atoms with E-state index in [0.717, 1.165) is 31.1 Å². The van der Waals surface area contributed by atoms with Crippen molar-refractivity contribution in [3.63, 3.8) is 0 Å². The van der Waals surface area contributed by atoms with Gasteiger partial charge in [-0.05, 0) is 60.4 Å². The van der Waals surface area contributed by atoms with E-state index in [1.54, 1.807) is 7.11 Å². The fraction of sp³-hybridized carbons (Fsp3) is 0.286. The first-order valence-corrected chi connectivity index (χ1v) is 9.47. The topological polar surface area (TPSA) is 72.8 Å². The van der Waals surface area contributed by atoms with Crippen LogP contribution < -0.4 is 10.1 Å². The summed E-state index contributed by atoms with van der Waals surface area (Å²) in [4.78, 5) is 4.55. The van der Waals surface area contributed by atoms with Crippen LogP contribution in [-0.4, -0.2) is 26.7 Å². The van der Waals surface area contributed by atoms with Gasteiger partial charge in [0.2, 0.25) is 5.13 Å².